The molecule has 0 bridgehead atoms. The molecule has 0 aromatic heterocycles. The number of nitrogens with one attached hydrogen (secondary N) is 4. The van der Waals surface area contributed by atoms with Gasteiger partial charge in [0, 0.05) is 19.4 Å². The molecule has 12 nitrogen and oxygen atoms in total. The first-order chi connectivity index (χ1) is 19.1. The van der Waals surface area contributed by atoms with E-state index in [0.29, 0.717) is 6.42 Å². The molecular formula is C28H36N6O6. The molecule has 0 spiro atoms. The van der Waals surface area contributed by atoms with Gasteiger partial charge in [0.15, 0.2) is 0 Å². The Morgan fingerprint density at radius 3 is 2.33 bits per heavy atom. The third kappa shape index (κ3) is 9.38. The molecule has 2 aromatic carbocycles. The van der Waals surface area contributed by atoms with Crippen LogP contribution in [0.25, 0.3) is 0 Å². The maximum atomic E-state index is 13.4. The Labute approximate surface area is 232 Å². The van der Waals surface area contributed by atoms with Gasteiger partial charge in [-0.25, -0.2) is 0 Å². The maximum absolute atomic E-state index is 13.4. The van der Waals surface area contributed by atoms with Crippen molar-refractivity contribution in [1.29, 1.82) is 0 Å². The van der Waals surface area contributed by atoms with Gasteiger partial charge in [-0.15, -0.1) is 0 Å². The van der Waals surface area contributed by atoms with Gasteiger partial charge in [-0.3, -0.25) is 24.0 Å². The lowest BCUT2D eigenvalue weighted by molar-refractivity contribution is -0.134. The van der Waals surface area contributed by atoms with Crippen LogP contribution in [0.4, 0.5) is 0 Å². The van der Waals surface area contributed by atoms with Crippen molar-refractivity contribution in [1.82, 2.24) is 21.3 Å². The first-order valence-corrected chi connectivity index (χ1v) is 13.2. The molecule has 1 fully saturated rings. The second-order valence-corrected chi connectivity index (χ2v) is 9.78. The van der Waals surface area contributed by atoms with Crippen molar-refractivity contribution in [3.63, 3.8) is 0 Å². The molecule has 4 atom stereocenters. The van der Waals surface area contributed by atoms with Crippen molar-refractivity contribution in [2.45, 2.75) is 62.7 Å². The zero-order valence-corrected chi connectivity index (χ0v) is 22.1. The summed E-state index contributed by atoms with van der Waals surface area (Å²) >= 11 is 0. The molecule has 0 unspecified atom stereocenters. The predicted octanol–water partition coefficient (Wildman–Crippen LogP) is -0.865. The topological polar surface area (TPSA) is 206 Å². The molecule has 12 heteroatoms. The Hall–Kier alpha value is -4.45. The summed E-state index contributed by atoms with van der Waals surface area (Å²) in [6.07, 6.45) is 0.793. The molecule has 5 amide bonds. The van der Waals surface area contributed by atoms with Gasteiger partial charge in [0.05, 0.1) is 6.04 Å². The minimum Gasteiger partial charge on any atom is -0.508 e. The number of phenolic OH excluding ortho intramolecular Hbond substituents is 1. The third-order valence-electron chi connectivity index (χ3n) is 6.59. The zero-order chi connectivity index (χ0) is 29.1. The minimum atomic E-state index is -1.11. The van der Waals surface area contributed by atoms with Gasteiger partial charge >= 0.3 is 0 Å². The van der Waals surface area contributed by atoms with E-state index in [-0.39, 0.29) is 50.3 Å². The molecule has 0 radical (unpaired) electrons. The van der Waals surface area contributed by atoms with Gasteiger partial charge in [-0.05, 0) is 48.9 Å². The highest BCUT2D eigenvalue weighted by Crippen LogP contribution is 2.12. The van der Waals surface area contributed by atoms with Crippen LogP contribution in [0.1, 0.15) is 36.8 Å². The molecule has 1 aliphatic rings. The van der Waals surface area contributed by atoms with Crippen LogP contribution in [0.2, 0.25) is 0 Å². The van der Waals surface area contributed by atoms with Crippen LogP contribution < -0.4 is 32.7 Å². The molecule has 214 valence electrons. The van der Waals surface area contributed by atoms with Gasteiger partial charge in [0.2, 0.25) is 29.5 Å². The fourth-order valence-electron chi connectivity index (χ4n) is 4.31. The van der Waals surface area contributed by atoms with Crippen LogP contribution >= 0.6 is 0 Å². The summed E-state index contributed by atoms with van der Waals surface area (Å²) in [5.74, 6) is -2.88. The standard InChI is InChI=1S/C28H36N6O6/c29-20(15-18-8-10-19(35)11-9-18)26(38)33-22-7-4-14-31-24(36)13-12-21(25(30)37)32-28(40)23(34-27(22)39)16-17-5-2-1-3-6-17/h1-3,5-6,8-11,20-23,35H,4,7,12-16,29H2,(H2,30,37)(H,31,36)(H,32,40)(H,33,38)(H,34,39)/t20-,21-,22+,23-/m0/s1. The Balaban J connectivity index is 1.79. The summed E-state index contributed by atoms with van der Waals surface area (Å²) in [4.78, 5) is 63.8. The lowest BCUT2D eigenvalue weighted by Gasteiger charge is -2.26. The average Bonchev–Trinajstić information content (AvgIpc) is 2.93. The molecule has 40 heavy (non-hydrogen) atoms. The Bertz CT molecular complexity index is 1190. The Morgan fingerprint density at radius 2 is 1.65 bits per heavy atom. The summed E-state index contributed by atoms with van der Waals surface area (Å²) in [5.41, 5.74) is 13.0. The smallest absolute Gasteiger partial charge is 0.243 e. The Kier molecular flexibility index (Phi) is 11.0. The summed E-state index contributed by atoms with van der Waals surface area (Å²) in [6.45, 7) is 0.235. The van der Waals surface area contributed by atoms with Crippen molar-refractivity contribution >= 4 is 29.5 Å². The van der Waals surface area contributed by atoms with E-state index >= 15 is 0 Å². The fourth-order valence-corrected chi connectivity index (χ4v) is 4.31. The highest BCUT2D eigenvalue weighted by Gasteiger charge is 2.30. The van der Waals surface area contributed by atoms with E-state index in [2.05, 4.69) is 21.3 Å². The van der Waals surface area contributed by atoms with E-state index < -0.39 is 47.8 Å². The van der Waals surface area contributed by atoms with E-state index in [4.69, 9.17) is 11.5 Å². The SMILES string of the molecule is NC(=O)[C@@H]1CCC(=O)NCCC[C@@H](NC(=O)[C@@H](N)Cc2ccc(O)cc2)C(=O)N[C@@H](Cc2ccccc2)C(=O)N1. The van der Waals surface area contributed by atoms with Crippen molar-refractivity contribution in [3.05, 3.63) is 65.7 Å². The monoisotopic (exact) mass is 552 g/mol. The number of rotatable bonds is 7. The van der Waals surface area contributed by atoms with Crippen molar-refractivity contribution < 1.29 is 29.1 Å². The first-order valence-electron chi connectivity index (χ1n) is 13.2. The molecule has 2 aromatic rings. The highest BCUT2D eigenvalue weighted by molar-refractivity contribution is 5.95. The third-order valence-corrected chi connectivity index (χ3v) is 6.59. The van der Waals surface area contributed by atoms with E-state index in [9.17, 15) is 29.1 Å². The number of benzene rings is 2. The van der Waals surface area contributed by atoms with Crippen LogP contribution in [0, 0.1) is 0 Å². The second-order valence-electron chi connectivity index (χ2n) is 9.78. The van der Waals surface area contributed by atoms with E-state index in [1.807, 2.05) is 6.07 Å². The largest absolute Gasteiger partial charge is 0.508 e. The molecule has 3 rings (SSSR count). The van der Waals surface area contributed by atoms with Crippen LogP contribution in [-0.4, -0.2) is 65.4 Å². The number of aromatic hydroxyl groups is 1. The highest BCUT2D eigenvalue weighted by atomic mass is 16.3. The normalized spacial score (nSPS) is 21.6. The van der Waals surface area contributed by atoms with Crippen molar-refractivity contribution in [3.8, 4) is 5.75 Å². The number of hydrogen-bond acceptors (Lipinski definition) is 7. The van der Waals surface area contributed by atoms with Gasteiger partial charge < -0.3 is 37.8 Å². The van der Waals surface area contributed by atoms with Crippen LogP contribution in [-0.2, 0) is 36.8 Å². The predicted molar refractivity (Wildman–Crippen MR) is 146 cm³/mol. The summed E-state index contributed by atoms with van der Waals surface area (Å²) in [6, 6.07) is 11.0. The Morgan fingerprint density at radius 1 is 0.950 bits per heavy atom. The lowest BCUT2D eigenvalue weighted by atomic mass is 10.0. The quantitative estimate of drug-likeness (QED) is 0.231. The number of phenols is 1. The number of carbonyl (C=O) groups is 5. The summed E-state index contributed by atoms with van der Waals surface area (Å²) in [5, 5.41) is 20.1. The number of hydrogen-bond donors (Lipinski definition) is 7. The zero-order valence-electron chi connectivity index (χ0n) is 22.1. The van der Waals surface area contributed by atoms with Crippen LogP contribution in [0.3, 0.4) is 0 Å². The van der Waals surface area contributed by atoms with Gasteiger partial charge in [-0.2, -0.15) is 0 Å². The van der Waals surface area contributed by atoms with E-state index in [0.717, 1.165) is 11.1 Å². The summed E-state index contributed by atoms with van der Waals surface area (Å²) < 4.78 is 0. The second kappa shape index (κ2) is 14.6. The van der Waals surface area contributed by atoms with Gasteiger partial charge in [-0.1, -0.05) is 42.5 Å². The molecule has 1 saturated heterocycles. The number of nitrogens with two attached hydrogens (primary N) is 2. The lowest BCUT2D eigenvalue weighted by Crippen LogP contribution is -2.58. The number of primary amides is 1. The van der Waals surface area contributed by atoms with Crippen LogP contribution in [0.5, 0.6) is 5.75 Å². The number of carbonyl (C=O) groups excluding carboxylic acids is 5. The van der Waals surface area contributed by atoms with Gasteiger partial charge in [0.1, 0.15) is 23.9 Å². The maximum Gasteiger partial charge on any atom is 0.243 e. The molecule has 1 aliphatic heterocycles. The molecule has 1 heterocycles. The average molecular weight is 553 g/mol. The summed E-state index contributed by atoms with van der Waals surface area (Å²) in [7, 11) is 0. The van der Waals surface area contributed by atoms with Crippen molar-refractivity contribution in [2.24, 2.45) is 11.5 Å². The molecule has 9 N–H and O–H groups in total. The first kappa shape index (κ1) is 30.1. The molecule has 0 aliphatic carbocycles. The molecular weight excluding hydrogens is 516 g/mol. The van der Waals surface area contributed by atoms with Gasteiger partial charge in [0.25, 0.3) is 0 Å². The fraction of sp³-hybridized carbons (Fsp3) is 0.393. The number of amides is 5. The molecule has 0 saturated carbocycles. The van der Waals surface area contributed by atoms with E-state index in [1.54, 1.807) is 36.4 Å². The minimum absolute atomic E-state index is 0.0104. The van der Waals surface area contributed by atoms with E-state index in [1.165, 1.54) is 12.1 Å². The van der Waals surface area contributed by atoms with Crippen LogP contribution in [0.15, 0.2) is 54.6 Å². The van der Waals surface area contributed by atoms with Crippen molar-refractivity contribution in [2.75, 3.05) is 6.54 Å².